The number of thiazole rings is 1. The zero-order valence-electron chi connectivity index (χ0n) is 16.5. The van der Waals surface area contributed by atoms with E-state index in [1.807, 2.05) is 5.38 Å². The van der Waals surface area contributed by atoms with Gasteiger partial charge in [0.2, 0.25) is 0 Å². The second-order valence-electron chi connectivity index (χ2n) is 8.01. The molecule has 2 aromatic rings. The van der Waals surface area contributed by atoms with Crippen LogP contribution in [-0.2, 0) is 22.1 Å². The molecule has 2 heterocycles. The first-order chi connectivity index (χ1) is 13.2. The van der Waals surface area contributed by atoms with Crippen LogP contribution in [0.3, 0.4) is 0 Å². The molecule has 0 saturated carbocycles. The predicted molar refractivity (Wildman–Crippen MR) is 113 cm³/mol. The second-order valence-corrected chi connectivity index (χ2v) is 11.0. The summed E-state index contributed by atoms with van der Waals surface area (Å²) in [6.45, 7) is 7.53. The van der Waals surface area contributed by atoms with Gasteiger partial charge in [-0.1, -0.05) is 26.0 Å². The topological polar surface area (TPSA) is 79.4 Å². The Kier molecular flexibility index (Phi) is 6.52. The Hall–Kier alpha value is -1.77. The first-order valence-electron chi connectivity index (χ1n) is 9.42. The summed E-state index contributed by atoms with van der Waals surface area (Å²) < 4.78 is 22.9. The quantitative estimate of drug-likeness (QED) is 0.773. The summed E-state index contributed by atoms with van der Waals surface area (Å²) in [5, 5.41) is 5.37. The number of nitrogens with one attached hydrogen (secondary N) is 1. The summed E-state index contributed by atoms with van der Waals surface area (Å²) in [4.78, 5) is 19.5. The summed E-state index contributed by atoms with van der Waals surface area (Å²) in [6.07, 6.45) is 2.45. The van der Waals surface area contributed by atoms with Gasteiger partial charge in [0, 0.05) is 36.8 Å². The Morgan fingerprint density at radius 1 is 1.29 bits per heavy atom. The number of hydrogen-bond acceptors (Lipinski definition) is 6. The highest BCUT2D eigenvalue weighted by atomic mass is 32.2. The highest BCUT2D eigenvalue weighted by Gasteiger charge is 2.22. The molecular formula is C20H27N3O3S2. The third kappa shape index (κ3) is 6.12. The number of likely N-dealkylation sites (tertiary alicyclic amines) is 1. The summed E-state index contributed by atoms with van der Waals surface area (Å²) in [5.41, 5.74) is 1.99. The molecule has 152 valence electrons. The average Bonchev–Trinajstić information content (AvgIpc) is 2.99. The molecule has 28 heavy (non-hydrogen) atoms. The van der Waals surface area contributed by atoms with Crippen molar-refractivity contribution < 1.29 is 13.2 Å². The van der Waals surface area contributed by atoms with Gasteiger partial charge in [-0.2, -0.15) is 0 Å². The first-order valence-corrected chi connectivity index (χ1v) is 12.4. The first kappa shape index (κ1) is 21.0. The number of rotatable bonds is 6. The molecule has 6 nitrogen and oxygen atoms in total. The molecule has 1 aliphatic rings. The van der Waals surface area contributed by atoms with Crippen molar-refractivity contribution in [3.8, 4) is 0 Å². The van der Waals surface area contributed by atoms with Gasteiger partial charge in [-0.25, -0.2) is 13.4 Å². The molecule has 1 aromatic carbocycles. The van der Waals surface area contributed by atoms with E-state index >= 15 is 0 Å². The van der Waals surface area contributed by atoms with Gasteiger partial charge in [-0.3, -0.25) is 15.0 Å². The van der Waals surface area contributed by atoms with Gasteiger partial charge in [0.05, 0.1) is 11.4 Å². The van der Waals surface area contributed by atoms with E-state index < -0.39 is 9.84 Å². The Labute approximate surface area is 170 Å². The van der Waals surface area contributed by atoms with Crippen molar-refractivity contribution in [2.75, 3.05) is 24.7 Å². The van der Waals surface area contributed by atoms with Crippen LogP contribution in [0, 0.1) is 11.8 Å². The van der Waals surface area contributed by atoms with Crippen LogP contribution in [0.4, 0.5) is 5.13 Å². The van der Waals surface area contributed by atoms with Crippen LogP contribution in [0.5, 0.6) is 0 Å². The number of benzene rings is 1. The standard InChI is InChI=1S/C20H27N3O3S2/c1-14-7-15(2)10-23(9-14)11-18-12-27-20(21-18)22-19(24)17-6-4-5-16(8-17)13-28(3,25)26/h4-6,8,12,14-15H,7,9-11,13H2,1-3H3,(H,21,22,24)/t14-,15-/m0/s1. The lowest BCUT2D eigenvalue weighted by atomic mass is 9.92. The number of amides is 1. The van der Waals surface area contributed by atoms with Crippen LogP contribution in [0.15, 0.2) is 29.6 Å². The van der Waals surface area contributed by atoms with Crippen LogP contribution in [-0.4, -0.2) is 43.6 Å². The Balaban J connectivity index is 1.62. The number of carbonyl (C=O) groups excluding carboxylic acids is 1. The molecule has 1 N–H and O–H groups in total. The molecule has 0 spiro atoms. The van der Waals surface area contributed by atoms with Crippen LogP contribution in [0.2, 0.25) is 0 Å². The Morgan fingerprint density at radius 3 is 2.68 bits per heavy atom. The third-order valence-corrected chi connectivity index (χ3v) is 6.38. The number of aromatic nitrogens is 1. The largest absolute Gasteiger partial charge is 0.298 e. The van der Waals surface area contributed by atoms with Crippen molar-refractivity contribution in [3.05, 3.63) is 46.5 Å². The molecule has 1 amide bonds. The lowest BCUT2D eigenvalue weighted by molar-refractivity contribution is 0.102. The molecule has 1 aliphatic heterocycles. The molecule has 0 bridgehead atoms. The van der Waals surface area contributed by atoms with Crippen molar-refractivity contribution in [3.63, 3.8) is 0 Å². The van der Waals surface area contributed by atoms with Gasteiger partial charge in [-0.15, -0.1) is 11.3 Å². The van der Waals surface area contributed by atoms with Crippen LogP contribution >= 0.6 is 11.3 Å². The molecule has 1 fully saturated rings. The highest BCUT2D eigenvalue weighted by molar-refractivity contribution is 7.89. The molecular weight excluding hydrogens is 394 g/mol. The maximum atomic E-state index is 12.5. The number of piperidine rings is 1. The zero-order chi connectivity index (χ0) is 20.3. The fourth-order valence-electron chi connectivity index (χ4n) is 3.86. The molecule has 0 aliphatic carbocycles. The van der Waals surface area contributed by atoms with Crippen LogP contribution in [0.25, 0.3) is 0 Å². The number of carbonyl (C=O) groups is 1. The number of anilines is 1. The van der Waals surface area contributed by atoms with Gasteiger partial charge in [-0.05, 0) is 36.0 Å². The van der Waals surface area contributed by atoms with E-state index in [9.17, 15) is 13.2 Å². The van der Waals surface area contributed by atoms with E-state index in [0.29, 0.717) is 28.1 Å². The Morgan fingerprint density at radius 2 is 2.00 bits per heavy atom. The average molecular weight is 422 g/mol. The Bertz CT molecular complexity index is 930. The summed E-state index contributed by atoms with van der Waals surface area (Å²) in [5.74, 6) is 1.03. The summed E-state index contributed by atoms with van der Waals surface area (Å²) in [6, 6.07) is 6.69. The van der Waals surface area contributed by atoms with E-state index in [2.05, 4.69) is 29.0 Å². The lowest BCUT2D eigenvalue weighted by Gasteiger charge is -2.34. The van der Waals surface area contributed by atoms with Gasteiger partial charge in [0.1, 0.15) is 0 Å². The zero-order valence-corrected chi connectivity index (χ0v) is 18.1. The van der Waals surface area contributed by atoms with E-state index in [1.54, 1.807) is 24.3 Å². The van der Waals surface area contributed by atoms with Crippen LogP contribution < -0.4 is 5.32 Å². The fraction of sp³-hybridized carbons (Fsp3) is 0.500. The second kappa shape index (κ2) is 8.71. The number of nitrogens with zero attached hydrogens (tertiary/aromatic N) is 2. The smallest absolute Gasteiger partial charge is 0.257 e. The van der Waals surface area contributed by atoms with E-state index in [4.69, 9.17) is 0 Å². The minimum Gasteiger partial charge on any atom is -0.298 e. The van der Waals surface area contributed by atoms with E-state index in [0.717, 1.165) is 25.3 Å². The predicted octanol–water partition coefficient (Wildman–Crippen LogP) is 3.42. The summed E-state index contributed by atoms with van der Waals surface area (Å²) >= 11 is 1.41. The van der Waals surface area contributed by atoms with Crippen molar-refractivity contribution in [2.45, 2.75) is 32.6 Å². The lowest BCUT2D eigenvalue weighted by Crippen LogP contribution is -2.38. The minimum atomic E-state index is -3.14. The maximum absolute atomic E-state index is 12.5. The fourth-order valence-corrected chi connectivity index (χ4v) is 5.34. The molecule has 8 heteroatoms. The van der Waals surface area contributed by atoms with Gasteiger partial charge in [0.15, 0.2) is 15.0 Å². The number of hydrogen-bond donors (Lipinski definition) is 1. The third-order valence-electron chi connectivity index (χ3n) is 4.72. The number of sulfone groups is 1. The highest BCUT2D eigenvalue weighted by Crippen LogP contribution is 2.24. The van der Waals surface area contributed by atoms with Crippen LogP contribution in [0.1, 0.15) is 41.9 Å². The molecule has 0 unspecified atom stereocenters. The maximum Gasteiger partial charge on any atom is 0.257 e. The van der Waals surface area contributed by atoms with E-state index in [1.165, 1.54) is 24.0 Å². The van der Waals surface area contributed by atoms with Gasteiger partial charge < -0.3 is 0 Å². The van der Waals surface area contributed by atoms with Crippen molar-refractivity contribution in [2.24, 2.45) is 11.8 Å². The molecule has 1 saturated heterocycles. The van der Waals surface area contributed by atoms with Crippen molar-refractivity contribution in [1.82, 2.24) is 9.88 Å². The van der Waals surface area contributed by atoms with Crippen molar-refractivity contribution in [1.29, 1.82) is 0 Å². The van der Waals surface area contributed by atoms with E-state index in [-0.39, 0.29) is 11.7 Å². The molecule has 2 atom stereocenters. The van der Waals surface area contributed by atoms with Crippen molar-refractivity contribution >= 4 is 32.2 Å². The monoisotopic (exact) mass is 421 g/mol. The normalized spacial score (nSPS) is 20.8. The van der Waals surface area contributed by atoms with Gasteiger partial charge >= 0.3 is 0 Å². The molecule has 0 radical (unpaired) electrons. The molecule has 1 aromatic heterocycles. The SMILES string of the molecule is C[C@H]1C[C@H](C)CN(Cc2csc(NC(=O)c3cccc(CS(C)(=O)=O)c3)n2)C1. The molecule has 3 rings (SSSR count). The minimum absolute atomic E-state index is 0.0812. The van der Waals surface area contributed by atoms with Gasteiger partial charge in [0.25, 0.3) is 5.91 Å². The summed E-state index contributed by atoms with van der Waals surface area (Å²) in [7, 11) is -3.14.